The summed E-state index contributed by atoms with van der Waals surface area (Å²) in [4.78, 5) is 28.6. The van der Waals surface area contributed by atoms with Gasteiger partial charge in [0.2, 0.25) is 5.95 Å². The van der Waals surface area contributed by atoms with E-state index in [4.69, 9.17) is 32.9 Å². The van der Waals surface area contributed by atoms with Crippen molar-refractivity contribution in [2.24, 2.45) is 0 Å². The van der Waals surface area contributed by atoms with Gasteiger partial charge in [0.15, 0.2) is 5.65 Å². The minimum Gasteiger partial charge on any atom is -0.444 e. The van der Waals surface area contributed by atoms with Crippen LogP contribution in [-0.4, -0.2) is 56.1 Å². The lowest BCUT2D eigenvalue weighted by Gasteiger charge is -2.51. The number of fused-ring (bicyclic) bond motifs is 1. The summed E-state index contributed by atoms with van der Waals surface area (Å²) in [6.45, 7) is 8.16. The molecular formula is C26H31Cl2N5O2S. The van der Waals surface area contributed by atoms with Crippen LogP contribution in [0.5, 0.6) is 0 Å². The first-order valence-corrected chi connectivity index (χ1v) is 13.9. The third kappa shape index (κ3) is 5.00. The van der Waals surface area contributed by atoms with Gasteiger partial charge in [-0.1, -0.05) is 41.0 Å². The van der Waals surface area contributed by atoms with Crippen LogP contribution >= 0.6 is 35.0 Å². The number of amides is 1. The highest BCUT2D eigenvalue weighted by molar-refractivity contribution is 7.99. The lowest BCUT2D eigenvalue weighted by molar-refractivity contribution is -0.0232. The maximum absolute atomic E-state index is 13.1. The van der Waals surface area contributed by atoms with E-state index >= 15 is 0 Å². The molecule has 0 radical (unpaired) electrons. The highest BCUT2D eigenvalue weighted by Gasteiger charge is 2.45. The Balaban J connectivity index is 1.36. The molecule has 0 N–H and O–H groups in total. The molecule has 0 unspecified atom stereocenters. The van der Waals surface area contributed by atoms with E-state index in [0.717, 1.165) is 73.1 Å². The summed E-state index contributed by atoms with van der Waals surface area (Å²) >= 11 is 14.1. The summed E-state index contributed by atoms with van der Waals surface area (Å²) in [6, 6.07) is 5.60. The molecule has 2 aliphatic heterocycles. The fourth-order valence-electron chi connectivity index (χ4n) is 5.21. The van der Waals surface area contributed by atoms with E-state index in [-0.39, 0.29) is 11.6 Å². The van der Waals surface area contributed by atoms with Crippen LogP contribution in [-0.2, 0) is 4.74 Å². The van der Waals surface area contributed by atoms with Gasteiger partial charge in [0, 0.05) is 48.7 Å². The SMILES string of the molecule is CC(C)(C)OC(=O)N1CCCCC12CCN(c1ncc(Sc3cccc(Cl)c3Cl)c3nccn13)CC2. The third-order valence-electron chi connectivity index (χ3n) is 6.95. The van der Waals surface area contributed by atoms with Gasteiger partial charge in [-0.3, -0.25) is 4.40 Å². The molecule has 1 aromatic carbocycles. The van der Waals surface area contributed by atoms with E-state index in [1.807, 2.05) is 54.6 Å². The molecule has 7 nitrogen and oxygen atoms in total. The number of hydrogen-bond acceptors (Lipinski definition) is 6. The van der Waals surface area contributed by atoms with Crippen molar-refractivity contribution in [3.8, 4) is 0 Å². The van der Waals surface area contributed by atoms with Gasteiger partial charge in [-0.05, 0) is 65.0 Å². The van der Waals surface area contributed by atoms with Crippen molar-refractivity contribution in [2.75, 3.05) is 24.5 Å². The first-order valence-electron chi connectivity index (χ1n) is 12.4. The lowest BCUT2D eigenvalue weighted by Crippen LogP contribution is -2.60. The van der Waals surface area contributed by atoms with Crippen molar-refractivity contribution >= 4 is 52.7 Å². The highest BCUT2D eigenvalue weighted by Crippen LogP contribution is 2.41. The van der Waals surface area contributed by atoms with Gasteiger partial charge in [0.05, 0.1) is 14.9 Å². The Morgan fingerprint density at radius 1 is 1.06 bits per heavy atom. The molecule has 0 saturated carbocycles. The first kappa shape index (κ1) is 25.5. The van der Waals surface area contributed by atoms with E-state index in [0.29, 0.717) is 10.0 Å². The van der Waals surface area contributed by atoms with Crippen LogP contribution in [0.15, 0.2) is 46.6 Å². The summed E-state index contributed by atoms with van der Waals surface area (Å²) in [5.74, 6) is 0.860. The summed E-state index contributed by atoms with van der Waals surface area (Å²) in [5.41, 5.74) is 0.182. The van der Waals surface area contributed by atoms with Gasteiger partial charge in [-0.25, -0.2) is 14.8 Å². The number of ether oxygens (including phenoxy) is 1. The van der Waals surface area contributed by atoms with Crippen molar-refractivity contribution in [3.63, 3.8) is 0 Å². The van der Waals surface area contributed by atoms with E-state index < -0.39 is 5.60 Å². The van der Waals surface area contributed by atoms with Gasteiger partial charge in [-0.2, -0.15) is 0 Å². The Bertz CT molecular complexity index is 1270. The normalized spacial score (nSPS) is 18.1. The second-order valence-corrected chi connectivity index (χ2v) is 12.4. The zero-order valence-corrected chi connectivity index (χ0v) is 23.2. The first-order chi connectivity index (χ1) is 17.2. The molecule has 10 heteroatoms. The number of likely N-dealkylation sites (tertiary alicyclic amines) is 1. The number of carbonyl (C=O) groups is 1. The molecule has 0 bridgehead atoms. The monoisotopic (exact) mass is 547 g/mol. The molecule has 1 amide bonds. The van der Waals surface area contributed by atoms with E-state index in [2.05, 4.69) is 9.88 Å². The summed E-state index contributed by atoms with van der Waals surface area (Å²) in [5, 5.41) is 1.05. The molecule has 0 aliphatic carbocycles. The molecule has 2 aliphatic rings. The minimum absolute atomic E-state index is 0.149. The number of piperidine rings is 2. The second kappa shape index (κ2) is 9.95. The number of carbonyl (C=O) groups excluding carboxylic acids is 1. The number of nitrogens with zero attached hydrogens (tertiary/aromatic N) is 5. The van der Waals surface area contributed by atoms with Crippen LogP contribution in [0.3, 0.4) is 0 Å². The Labute approximate surface area is 226 Å². The van der Waals surface area contributed by atoms with Gasteiger partial charge < -0.3 is 14.5 Å². The van der Waals surface area contributed by atoms with E-state index in [1.54, 1.807) is 12.3 Å². The summed E-state index contributed by atoms with van der Waals surface area (Å²) < 4.78 is 7.80. The molecule has 3 aromatic rings. The second-order valence-electron chi connectivity index (χ2n) is 10.5. The minimum atomic E-state index is -0.498. The van der Waals surface area contributed by atoms with Gasteiger partial charge in [0.25, 0.3) is 0 Å². The number of anilines is 1. The van der Waals surface area contributed by atoms with Crippen LogP contribution in [0.1, 0.15) is 52.9 Å². The molecule has 2 fully saturated rings. The molecule has 4 heterocycles. The van der Waals surface area contributed by atoms with E-state index in [9.17, 15) is 4.79 Å². The molecular weight excluding hydrogens is 517 g/mol. The van der Waals surface area contributed by atoms with Crippen molar-refractivity contribution in [1.82, 2.24) is 19.3 Å². The van der Waals surface area contributed by atoms with Crippen LogP contribution in [0.25, 0.3) is 5.65 Å². The molecule has 36 heavy (non-hydrogen) atoms. The van der Waals surface area contributed by atoms with Crippen LogP contribution in [0.4, 0.5) is 10.7 Å². The van der Waals surface area contributed by atoms with Gasteiger partial charge in [0.1, 0.15) is 5.60 Å². The van der Waals surface area contributed by atoms with Crippen LogP contribution < -0.4 is 4.90 Å². The van der Waals surface area contributed by atoms with Crippen molar-refractivity contribution < 1.29 is 9.53 Å². The van der Waals surface area contributed by atoms with Crippen LogP contribution in [0, 0.1) is 0 Å². The Morgan fingerprint density at radius 3 is 2.58 bits per heavy atom. The number of benzene rings is 1. The van der Waals surface area contributed by atoms with Crippen molar-refractivity contribution in [3.05, 3.63) is 46.8 Å². The Hall–Kier alpha value is -2.16. The largest absolute Gasteiger partial charge is 0.444 e. The lowest BCUT2D eigenvalue weighted by atomic mass is 9.79. The van der Waals surface area contributed by atoms with Crippen molar-refractivity contribution in [1.29, 1.82) is 0 Å². The maximum atomic E-state index is 13.1. The predicted octanol–water partition coefficient (Wildman–Crippen LogP) is 6.95. The quantitative estimate of drug-likeness (QED) is 0.353. The number of rotatable bonds is 3. The number of imidazole rings is 1. The fourth-order valence-corrected chi connectivity index (χ4v) is 6.61. The molecule has 2 saturated heterocycles. The zero-order valence-electron chi connectivity index (χ0n) is 20.8. The third-order valence-corrected chi connectivity index (χ3v) is 8.95. The van der Waals surface area contributed by atoms with Gasteiger partial charge >= 0.3 is 6.09 Å². The predicted molar refractivity (Wildman–Crippen MR) is 145 cm³/mol. The van der Waals surface area contributed by atoms with Crippen LogP contribution in [0.2, 0.25) is 10.0 Å². The van der Waals surface area contributed by atoms with Gasteiger partial charge in [-0.15, -0.1) is 0 Å². The zero-order chi connectivity index (χ0) is 25.5. The molecule has 192 valence electrons. The summed E-state index contributed by atoms with van der Waals surface area (Å²) in [7, 11) is 0. The Kier molecular flexibility index (Phi) is 7.05. The molecule has 5 rings (SSSR count). The summed E-state index contributed by atoms with van der Waals surface area (Å²) in [6.07, 6.45) is 10.4. The maximum Gasteiger partial charge on any atom is 0.410 e. The molecule has 0 atom stereocenters. The number of hydrogen-bond donors (Lipinski definition) is 0. The Morgan fingerprint density at radius 2 is 1.83 bits per heavy atom. The topological polar surface area (TPSA) is 63.0 Å². The fraction of sp³-hybridized carbons (Fsp3) is 0.500. The smallest absolute Gasteiger partial charge is 0.410 e. The average Bonchev–Trinajstić information content (AvgIpc) is 3.33. The van der Waals surface area contributed by atoms with Crippen molar-refractivity contribution in [2.45, 2.75) is 73.8 Å². The average molecular weight is 549 g/mol. The number of halogens is 2. The standard InChI is InChI=1S/C26H31Cl2N5O2S/c1-25(2,3)35-24(34)33-13-5-4-9-26(33)10-14-31(15-11-26)23-30-17-20(22-29-12-16-32(22)23)36-19-8-6-7-18(27)21(19)28/h6-8,12,16-17H,4-5,9-11,13-15H2,1-3H3. The number of aromatic nitrogens is 3. The van der Waals surface area contributed by atoms with E-state index in [1.165, 1.54) is 11.8 Å². The molecule has 1 spiro atoms. The highest BCUT2D eigenvalue weighted by atomic mass is 35.5. The molecule has 2 aromatic heterocycles.